The van der Waals surface area contributed by atoms with E-state index in [4.69, 9.17) is 0 Å². The fourth-order valence-corrected chi connectivity index (χ4v) is 2.07. The maximum Gasteiger partial charge on any atom is 0.0630 e. The summed E-state index contributed by atoms with van der Waals surface area (Å²) in [5.41, 5.74) is 6.70. The van der Waals surface area contributed by atoms with E-state index in [9.17, 15) is 0 Å². The number of benzene rings is 3. The molecule has 3 nitrogen and oxygen atoms in total. The van der Waals surface area contributed by atoms with Gasteiger partial charge < -0.3 is 5.48 Å². The lowest BCUT2D eigenvalue weighted by molar-refractivity contribution is 0.824. The van der Waals surface area contributed by atoms with Crippen LogP contribution in [0.25, 0.3) is 0 Å². The van der Waals surface area contributed by atoms with E-state index in [1.54, 1.807) is 0 Å². The molecule has 21 heavy (non-hydrogen) atoms. The number of hydrogen-bond acceptors (Lipinski definition) is 2. The number of nitrogens with zero attached hydrogens (tertiary/aromatic N) is 1. The maximum atomic E-state index is 3.44. The molecule has 3 N–H and O–H groups in total. The van der Waals surface area contributed by atoms with Crippen molar-refractivity contribution in [1.29, 1.82) is 0 Å². The SMILES string of the molecule is O.c1ccc(NN(c2ccccc2)c2ccccc2)cc1. The van der Waals surface area contributed by atoms with Gasteiger partial charge in [0, 0.05) is 0 Å². The minimum Gasteiger partial charge on any atom is -0.412 e. The molecule has 0 atom stereocenters. The quantitative estimate of drug-likeness (QED) is 0.732. The van der Waals surface area contributed by atoms with E-state index in [-0.39, 0.29) is 5.48 Å². The van der Waals surface area contributed by atoms with Crippen LogP contribution >= 0.6 is 0 Å². The second kappa shape index (κ2) is 7.12. The molecule has 106 valence electrons. The minimum atomic E-state index is 0. The van der Waals surface area contributed by atoms with Gasteiger partial charge in [0.05, 0.1) is 17.1 Å². The van der Waals surface area contributed by atoms with Gasteiger partial charge in [-0.25, -0.2) is 0 Å². The summed E-state index contributed by atoms with van der Waals surface area (Å²) < 4.78 is 0. The van der Waals surface area contributed by atoms with Crippen molar-refractivity contribution >= 4 is 17.1 Å². The molecule has 3 heteroatoms. The Bertz CT molecular complexity index is 602. The van der Waals surface area contributed by atoms with Gasteiger partial charge >= 0.3 is 0 Å². The van der Waals surface area contributed by atoms with Crippen molar-refractivity contribution in [3.63, 3.8) is 0 Å². The summed E-state index contributed by atoms with van der Waals surface area (Å²) in [6, 6.07) is 30.7. The Kier molecular flexibility index (Phi) is 4.96. The van der Waals surface area contributed by atoms with Gasteiger partial charge in [-0.2, -0.15) is 0 Å². The fourth-order valence-electron chi connectivity index (χ4n) is 2.07. The van der Waals surface area contributed by atoms with E-state index in [0.29, 0.717) is 0 Å². The number of hydrogen-bond donors (Lipinski definition) is 1. The van der Waals surface area contributed by atoms with Crippen LogP contribution in [0.4, 0.5) is 17.1 Å². The molecule has 3 aromatic rings. The molecule has 0 radical (unpaired) electrons. The lowest BCUT2D eigenvalue weighted by atomic mass is 10.2. The number of anilines is 3. The molecule has 0 saturated heterocycles. The van der Waals surface area contributed by atoms with Gasteiger partial charge in [-0.05, 0) is 36.4 Å². The molecule has 0 saturated carbocycles. The van der Waals surface area contributed by atoms with Crippen molar-refractivity contribution < 1.29 is 5.48 Å². The molecular weight excluding hydrogens is 260 g/mol. The minimum absolute atomic E-state index is 0. The van der Waals surface area contributed by atoms with Crippen LogP contribution in [0.2, 0.25) is 0 Å². The van der Waals surface area contributed by atoms with Gasteiger partial charge in [0.25, 0.3) is 0 Å². The van der Waals surface area contributed by atoms with E-state index in [1.165, 1.54) is 0 Å². The molecule has 0 unspecified atom stereocenters. The highest BCUT2D eigenvalue weighted by molar-refractivity contribution is 5.67. The topological polar surface area (TPSA) is 46.8 Å². The largest absolute Gasteiger partial charge is 0.412 e. The number of hydrazine groups is 1. The average Bonchev–Trinajstić information content (AvgIpc) is 2.55. The molecule has 0 aliphatic rings. The van der Waals surface area contributed by atoms with Gasteiger partial charge in [0.15, 0.2) is 0 Å². The standard InChI is InChI=1S/C18H16N2.H2O/c1-4-10-16(11-5-1)19-20(17-12-6-2-7-13-17)18-14-8-3-9-15-18;/h1-15,19H;1H2. The van der Waals surface area contributed by atoms with E-state index < -0.39 is 0 Å². The first kappa shape index (κ1) is 14.6. The molecule has 0 amide bonds. The lowest BCUT2D eigenvalue weighted by Crippen LogP contribution is -2.24. The third-order valence-corrected chi connectivity index (χ3v) is 3.04. The van der Waals surface area contributed by atoms with Crippen molar-refractivity contribution in [3.05, 3.63) is 91.0 Å². The second-order valence-electron chi connectivity index (χ2n) is 4.48. The van der Waals surface area contributed by atoms with Gasteiger partial charge in [0.1, 0.15) is 0 Å². The maximum absolute atomic E-state index is 3.44. The third-order valence-electron chi connectivity index (χ3n) is 3.04. The highest BCUT2D eigenvalue weighted by atomic mass is 16.0. The van der Waals surface area contributed by atoms with E-state index >= 15 is 0 Å². The van der Waals surface area contributed by atoms with E-state index in [1.807, 2.05) is 54.6 Å². The van der Waals surface area contributed by atoms with Crippen molar-refractivity contribution in [2.24, 2.45) is 0 Å². The Morgan fingerprint density at radius 3 is 1.33 bits per heavy atom. The molecule has 0 heterocycles. The van der Waals surface area contributed by atoms with Crippen LogP contribution in [0.5, 0.6) is 0 Å². The zero-order chi connectivity index (χ0) is 13.6. The van der Waals surface area contributed by atoms with Crippen LogP contribution < -0.4 is 10.4 Å². The Hall–Kier alpha value is -2.78. The molecule has 0 aliphatic carbocycles. The monoisotopic (exact) mass is 278 g/mol. The van der Waals surface area contributed by atoms with Gasteiger partial charge in [-0.15, -0.1) is 0 Å². The van der Waals surface area contributed by atoms with Crippen LogP contribution in [0.15, 0.2) is 91.0 Å². The molecule has 3 rings (SSSR count). The number of rotatable bonds is 4. The first-order valence-electron chi connectivity index (χ1n) is 6.65. The van der Waals surface area contributed by atoms with Crippen molar-refractivity contribution in [2.45, 2.75) is 0 Å². The Morgan fingerprint density at radius 1 is 0.524 bits per heavy atom. The van der Waals surface area contributed by atoms with Crippen molar-refractivity contribution in [2.75, 3.05) is 10.4 Å². The third kappa shape index (κ3) is 3.61. The van der Waals surface area contributed by atoms with E-state index in [0.717, 1.165) is 17.1 Å². The summed E-state index contributed by atoms with van der Waals surface area (Å²) in [7, 11) is 0. The zero-order valence-corrected chi connectivity index (χ0v) is 11.6. The molecule has 0 aromatic heterocycles. The normalized spacial score (nSPS) is 9.52. The molecule has 0 spiro atoms. The van der Waals surface area contributed by atoms with Crippen LogP contribution in [-0.2, 0) is 0 Å². The smallest absolute Gasteiger partial charge is 0.0630 e. The van der Waals surface area contributed by atoms with Gasteiger partial charge in [-0.3, -0.25) is 10.4 Å². The molecule has 0 bridgehead atoms. The summed E-state index contributed by atoms with van der Waals surface area (Å²) in [4.78, 5) is 0. The molecule has 3 aromatic carbocycles. The van der Waals surface area contributed by atoms with Crippen LogP contribution in [-0.4, -0.2) is 5.48 Å². The first-order chi connectivity index (χ1) is 9.93. The Labute approximate surface area is 124 Å². The fraction of sp³-hybridized carbons (Fsp3) is 0. The summed E-state index contributed by atoms with van der Waals surface area (Å²) in [5, 5.41) is 2.08. The first-order valence-corrected chi connectivity index (χ1v) is 6.65. The van der Waals surface area contributed by atoms with Gasteiger partial charge in [-0.1, -0.05) is 54.6 Å². The molecule has 0 fully saturated rings. The predicted octanol–water partition coefficient (Wildman–Crippen LogP) is 4.03. The summed E-state index contributed by atoms with van der Waals surface area (Å²) in [6.45, 7) is 0. The zero-order valence-electron chi connectivity index (χ0n) is 11.6. The summed E-state index contributed by atoms with van der Waals surface area (Å²) in [5.74, 6) is 0. The summed E-state index contributed by atoms with van der Waals surface area (Å²) >= 11 is 0. The Morgan fingerprint density at radius 2 is 0.905 bits per heavy atom. The summed E-state index contributed by atoms with van der Waals surface area (Å²) in [6.07, 6.45) is 0. The second-order valence-corrected chi connectivity index (χ2v) is 4.48. The highest BCUT2D eigenvalue weighted by Gasteiger charge is 2.08. The van der Waals surface area contributed by atoms with Crippen molar-refractivity contribution in [3.8, 4) is 0 Å². The Balaban J connectivity index is 0.00000161. The number of para-hydroxylation sites is 3. The van der Waals surface area contributed by atoms with Crippen LogP contribution in [0.3, 0.4) is 0 Å². The van der Waals surface area contributed by atoms with Crippen LogP contribution in [0, 0.1) is 0 Å². The van der Waals surface area contributed by atoms with E-state index in [2.05, 4.69) is 46.8 Å². The van der Waals surface area contributed by atoms with Crippen molar-refractivity contribution in [1.82, 2.24) is 0 Å². The molecular formula is C18H18N2O. The molecule has 0 aliphatic heterocycles. The average molecular weight is 278 g/mol. The predicted molar refractivity (Wildman–Crippen MR) is 88.7 cm³/mol. The highest BCUT2D eigenvalue weighted by Crippen LogP contribution is 2.25. The lowest BCUT2D eigenvalue weighted by Gasteiger charge is -2.26. The van der Waals surface area contributed by atoms with Crippen LogP contribution in [0.1, 0.15) is 0 Å². The number of nitrogens with one attached hydrogen (secondary N) is 1. The van der Waals surface area contributed by atoms with Gasteiger partial charge in [0.2, 0.25) is 0 Å².